The number of hydrogen-bond acceptors (Lipinski definition) is 5. The predicted molar refractivity (Wildman–Crippen MR) is 92.7 cm³/mol. The van der Waals surface area contributed by atoms with Crippen LogP contribution < -0.4 is 5.73 Å². The van der Waals surface area contributed by atoms with E-state index in [1.165, 1.54) is 0 Å². The third kappa shape index (κ3) is 2.05. The van der Waals surface area contributed by atoms with Crippen molar-refractivity contribution in [3.05, 3.63) is 76.5 Å². The Morgan fingerprint density at radius 3 is 2.44 bits per heavy atom. The zero-order valence-corrected chi connectivity index (χ0v) is 13.5. The molecule has 1 aromatic carbocycles. The fourth-order valence-electron chi connectivity index (χ4n) is 3.31. The molecule has 0 bridgehead atoms. The van der Waals surface area contributed by atoms with E-state index in [-0.39, 0.29) is 0 Å². The van der Waals surface area contributed by atoms with Crippen LogP contribution >= 0.6 is 0 Å². The van der Waals surface area contributed by atoms with Gasteiger partial charge in [-0.15, -0.1) is 0 Å². The second-order valence-corrected chi connectivity index (χ2v) is 5.96. The van der Waals surface area contributed by atoms with E-state index in [4.69, 9.17) is 5.73 Å². The Hall–Kier alpha value is -3.77. The van der Waals surface area contributed by atoms with Gasteiger partial charge in [0.1, 0.15) is 5.82 Å². The van der Waals surface area contributed by atoms with Crippen LogP contribution in [0, 0.1) is 29.6 Å². The maximum absolute atomic E-state index is 9.92. The van der Waals surface area contributed by atoms with Crippen molar-refractivity contribution in [3.63, 3.8) is 0 Å². The van der Waals surface area contributed by atoms with Gasteiger partial charge in [0, 0.05) is 12.4 Å². The molecule has 1 atom stereocenters. The smallest absolute Gasteiger partial charge is 0.123 e. The van der Waals surface area contributed by atoms with Crippen LogP contribution in [0.3, 0.4) is 0 Å². The van der Waals surface area contributed by atoms with Gasteiger partial charge >= 0.3 is 0 Å². The summed E-state index contributed by atoms with van der Waals surface area (Å²) in [4.78, 5) is 1.69. The van der Waals surface area contributed by atoms with Crippen LogP contribution in [0.4, 0.5) is 0 Å². The maximum atomic E-state index is 9.92. The van der Waals surface area contributed by atoms with Crippen molar-refractivity contribution in [1.29, 1.82) is 10.5 Å². The molecule has 0 fully saturated rings. The van der Waals surface area contributed by atoms with Gasteiger partial charge in [0.15, 0.2) is 0 Å². The minimum absolute atomic E-state index is 0.339. The molecule has 25 heavy (non-hydrogen) atoms. The number of hydrogen-bond donors (Lipinski definition) is 1. The topological polar surface area (TPSA) is 94.7 Å². The second kappa shape index (κ2) is 5.40. The molecular weight excluding hydrogens is 312 g/mol. The molecule has 2 aromatic rings. The quantitative estimate of drug-likeness (QED) is 0.869. The van der Waals surface area contributed by atoms with Crippen molar-refractivity contribution in [1.82, 2.24) is 14.7 Å². The molecule has 4 rings (SSSR count). The summed E-state index contributed by atoms with van der Waals surface area (Å²) in [5.74, 6) is -0.150. The summed E-state index contributed by atoms with van der Waals surface area (Å²) in [7, 11) is 0. The van der Waals surface area contributed by atoms with Crippen molar-refractivity contribution >= 4 is 11.9 Å². The minimum atomic E-state index is -0.489. The van der Waals surface area contributed by atoms with Gasteiger partial charge in [-0.25, -0.2) is 4.68 Å². The summed E-state index contributed by atoms with van der Waals surface area (Å²) in [6, 6.07) is 14.2. The molecule has 0 amide bonds. The lowest BCUT2D eigenvalue weighted by molar-refractivity contribution is 0.588. The Morgan fingerprint density at radius 2 is 1.76 bits per heavy atom. The lowest BCUT2D eigenvalue weighted by Crippen LogP contribution is -2.33. The number of rotatable bonds is 1. The lowest BCUT2D eigenvalue weighted by atomic mass is 9.81. The molecule has 3 heterocycles. The van der Waals surface area contributed by atoms with Gasteiger partial charge in [-0.2, -0.15) is 15.6 Å². The number of allylic oxidation sites excluding steroid dienone is 2. The molecule has 0 aliphatic carbocycles. The zero-order valence-electron chi connectivity index (χ0n) is 13.5. The largest absolute Gasteiger partial charge is 0.384 e. The van der Waals surface area contributed by atoms with Gasteiger partial charge in [0.2, 0.25) is 0 Å². The first-order chi connectivity index (χ1) is 12.2. The van der Waals surface area contributed by atoms with Crippen molar-refractivity contribution in [2.24, 2.45) is 5.73 Å². The number of benzene rings is 1. The number of nitriles is 2. The van der Waals surface area contributed by atoms with Gasteiger partial charge < -0.3 is 5.73 Å². The van der Waals surface area contributed by atoms with E-state index in [1.54, 1.807) is 28.2 Å². The van der Waals surface area contributed by atoms with E-state index >= 15 is 0 Å². The van der Waals surface area contributed by atoms with Gasteiger partial charge in [-0.3, -0.25) is 4.90 Å². The molecule has 0 spiro atoms. The molecule has 6 nitrogen and oxygen atoms in total. The molecule has 2 aliphatic rings. The van der Waals surface area contributed by atoms with Crippen molar-refractivity contribution in [3.8, 4) is 12.1 Å². The third-order valence-electron chi connectivity index (χ3n) is 4.53. The first-order valence-corrected chi connectivity index (χ1v) is 7.77. The summed E-state index contributed by atoms with van der Waals surface area (Å²) in [6.07, 6.45) is 5.15. The fourth-order valence-corrected chi connectivity index (χ4v) is 3.31. The first kappa shape index (κ1) is 14.8. The van der Waals surface area contributed by atoms with E-state index in [0.717, 1.165) is 16.8 Å². The van der Waals surface area contributed by atoms with Crippen LogP contribution in [-0.4, -0.2) is 14.7 Å². The molecule has 0 saturated carbocycles. The van der Waals surface area contributed by atoms with E-state index < -0.39 is 5.92 Å². The minimum Gasteiger partial charge on any atom is -0.384 e. The zero-order chi connectivity index (χ0) is 17.6. The lowest BCUT2D eigenvalue weighted by Gasteiger charge is -2.35. The summed E-state index contributed by atoms with van der Waals surface area (Å²) in [5.41, 5.74) is 10.6. The van der Waals surface area contributed by atoms with Gasteiger partial charge in [0.25, 0.3) is 0 Å². The predicted octanol–water partition coefficient (Wildman–Crippen LogP) is 2.66. The SMILES string of the molecule is Cc1ccc(C2C(C#N)=C(N)N3C=Cn4nccc4C3=C2C#N)cc1. The van der Waals surface area contributed by atoms with E-state index in [9.17, 15) is 10.5 Å². The number of nitrogens with two attached hydrogens (primary N) is 1. The van der Waals surface area contributed by atoms with E-state index in [0.29, 0.717) is 22.7 Å². The average Bonchev–Trinajstić information content (AvgIpc) is 3.11. The highest BCUT2D eigenvalue weighted by molar-refractivity contribution is 5.79. The molecule has 1 aromatic heterocycles. The summed E-state index contributed by atoms with van der Waals surface area (Å²) >= 11 is 0. The van der Waals surface area contributed by atoms with E-state index in [2.05, 4.69) is 17.2 Å². The van der Waals surface area contributed by atoms with Crippen LogP contribution in [0.5, 0.6) is 0 Å². The third-order valence-corrected chi connectivity index (χ3v) is 4.53. The second-order valence-electron chi connectivity index (χ2n) is 5.96. The average molecular weight is 326 g/mol. The molecule has 6 heteroatoms. The van der Waals surface area contributed by atoms with Gasteiger partial charge in [0.05, 0.1) is 46.8 Å². The van der Waals surface area contributed by atoms with Gasteiger partial charge in [-0.1, -0.05) is 29.8 Å². The van der Waals surface area contributed by atoms with Gasteiger partial charge in [-0.05, 0) is 18.6 Å². The van der Waals surface area contributed by atoms with Crippen LogP contribution in [0.25, 0.3) is 11.9 Å². The Morgan fingerprint density at radius 1 is 1.04 bits per heavy atom. The monoisotopic (exact) mass is 326 g/mol. The van der Waals surface area contributed by atoms with E-state index in [1.807, 2.05) is 37.3 Å². The van der Waals surface area contributed by atoms with Crippen LogP contribution in [0.1, 0.15) is 22.7 Å². The van der Waals surface area contributed by atoms with Crippen LogP contribution in [-0.2, 0) is 0 Å². The fraction of sp³-hybridized carbons (Fsp3) is 0.105. The highest BCUT2D eigenvalue weighted by atomic mass is 15.3. The molecule has 2 aliphatic heterocycles. The Labute approximate surface area is 145 Å². The Kier molecular flexibility index (Phi) is 3.19. The summed E-state index contributed by atoms with van der Waals surface area (Å²) in [5, 5.41) is 23.9. The summed E-state index contributed by atoms with van der Waals surface area (Å²) < 4.78 is 1.69. The van der Waals surface area contributed by atoms with Crippen LogP contribution in [0.2, 0.25) is 0 Å². The standard InChI is InChI=1S/C19H14N6/c1-12-2-4-13(5-3-12)17-14(10-20)18-16-6-7-23-25(16)9-8-24(18)19(22)15(17)11-21/h2-9,17H,22H2,1H3. The summed E-state index contributed by atoms with van der Waals surface area (Å²) in [6.45, 7) is 2.00. The number of aromatic nitrogens is 2. The molecule has 2 N–H and O–H groups in total. The number of nitrogens with zero attached hydrogens (tertiary/aromatic N) is 5. The molecule has 0 radical (unpaired) electrons. The molecule has 0 saturated heterocycles. The van der Waals surface area contributed by atoms with Crippen molar-refractivity contribution in [2.75, 3.05) is 0 Å². The van der Waals surface area contributed by atoms with Crippen LogP contribution in [0.15, 0.2) is 59.7 Å². The molecule has 120 valence electrons. The highest BCUT2D eigenvalue weighted by Gasteiger charge is 2.37. The normalized spacial score (nSPS) is 18.5. The number of aryl methyl sites for hydroxylation is 1. The maximum Gasteiger partial charge on any atom is 0.123 e. The highest BCUT2D eigenvalue weighted by Crippen LogP contribution is 2.44. The van der Waals surface area contributed by atoms with Crippen molar-refractivity contribution < 1.29 is 0 Å². The number of fused-ring (bicyclic) bond motifs is 3. The Balaban J connectivity index is 2.01. The van der Waals surface area contributed by atoms with Crippen molar-refractivity contribution in [2.45, 2.75) is 12.8 Å². The Bertz CT molecular complexity index is 1040. The molecular formula is C19H14N6. The first-order valence-electron chi connectivity index (χ1n) is 7.77. The molecule has 1 unspecified atom stereocenters.